The standard InChI is InChI=1S/C10H17NO3S/c1-7(6-9(12)13)11(2)10(14)8-4-3-5-15-8/h7-8H,3-6H2,1-2H3,(H,12,13). The molecule has 1 rings (SSSR count). The maximum absolute atomic E-state index is 11.9. The van der Waals surface area contributed by atoms with Crippen LogP contribution in [0.2, 0.25) is 0 Å². The van der Waals surface area contributed by atoms with Gasteiger partial charge in [-0.1, -0.05) is 0 Å². The number of carbonyl (C=O) groups excluding carboxylic acids is 1. The third kappa shape index (κ3) is 3.41. The number of nitrogens with zero attached hydrogens (tertiary/aromatic N) is 1. The van der Waals surface area contributed by atoms with Crippen LogP contribution >= 0.6 is 11.8 Å². The second kappa shape index (κ2) is 5.39. The second-order valence-corrected chi connectivity index (χ2v) is 5.21. The number of rotatable bonds is 4. The van der Waals surface area contributed by atoms with Crippen molar-refractivity contribution in [1.29, 1.82) is 0 Å². The molecular formula is C10H17NO3S. The first kappa shape index (κ1) is 12.4. The third-order valence-corrected chi connectivity index (χ3v) is 4.05. The lowest BCUT2D eigenvalue weighted by molar-refractivity contribution is -0.139. The van der Waals surface area contributed by atoms with Crippen LogP contribution in [-0.4, -0.2) is 46.0 Å². The lowest BCUT2D eigenvalue weighted by Gasteiger charge is -2.26. The van der Waals surface area contributed by atoms with Crippen LogP contribution in [0.1, 0.15) is 26.2 Å². The molecule has 1 aliphatic heterocycles. The zero-order valence-electron chi connectivity index (χ0n) is 9.10. The van der Waals surface area contributed by atoms with E-state index in [4.69, 9.17) is 5.11 Å². The van der Waals surface area contributed by atoms with Crippen molar-refractivity contribution in [2.75, 3.05) is 12.8 Å². The van der Waals surface area contributed by atoms with Crippen molar-refractivity contribution in [2.24, 2.45) is 0 Å². The first-order valence-electron chi connectivity index (χ1n) is 5.12. The molecule has 1 saturated heterocycles. The number of hydrogen-bond donors (Lipinski definition) is 1. The molecule has 1 aliphatic rings. The Bertz CT molecular complexity index is 251. The van der Waals surface area contributed by atoms with Crippen molar-refractivity contribution >= 4 is 23.6 Å². The smallest absolute Gasteiger partial charge is 0.305 e. The van der Waals surface area contributed by atoms with Crippen LogP contribution in [0.5, 0.6) is 0 Å². The molecule has 15 heavy (non-hydrogen) atoms. The van der Waals surface area contributed by atoms with Crippen LogP contribution in [0.4, 0.5) is 0 Å². The van der Waals surface area contributed by atoms with Crippen molar-refractivity contribution in [1.82, 2.24) is 4.90 Å². The zero-order chi connectivity index (χ0) is 11.4. The molecule has 1 N–H and O–H groups in total. The van der Waals surface area contributed by atoms with Crippen LogP contribution in [0, 0.1) is 0 Å². The lowest BCUT2D eigenvalue weighted by Crippen LogP contribution is -2.40. The van der Waals surface area contributed by atoms with Crippen LogP contribution in [0.15, 0.2) is 0 Å². The number of carboxylic acid groups (broad SMARTS) is 1. The minimum absolute atomic E-state index is 0.0135. The first-order chi connectivity index (χ1) is 7.02. The SMILES string of the molecule is CC(CC(=O)O)N(C)C(=O)C1CCCS1. The number of aliphatic carboxylic acids is 1. The van der Waals surface area contributed by atoms with Crippen molar-refractivity contribution in [2.45, 2.75) is 37.5 Å². The van der Waals surface area contributed by atoms with Crippen LogP contribution in [-0.2, 0) is 9.59 Å². The van der Waals surface area contributed by atoms with Crippen molar-refractivity contribution in [3.63, 3.8) is 0 Å². The molecule has 4 nitrogen and oxygen atoms in total. The van der Waals surface area contributed by atoms with E-state index in [0.29, 0.717) is 0 Å². The normalized spacial score (nSPS) is 22.4. The van der Waals surface area contributed by atoms with E-state index in [-0.39, 0.29) is 23.6 Å². The minimum Gasteiger partial charge on any atom is -0.481 e. The summed E-state index contributed by atoms with van der Waals surface area (Å²) in [5.74, 6) is 0.254. The van der Waals surface area contributed by atoms with Crippen molar-refractivity contribution < 1.29 is 14.7 Å². The van der Waals surface area contributed by atoms with E-state index in [0.717, 1.165) is 18.6 Å². The summed E-state index contributed by atoms with van der Waals surface area (Å²) in [6.45, 7) is 1.77. The van der Waals surface area contributed by atoms with Gasteiger partial charge in [0, 0.05) is 13.1 Å². The topological polar surface area (TPSA) is 57.6 Å². The number of carboxylic acids is 1. The average Bonchev–Trinajstić information content (AvgIpc) is 2.67. The van der Waals surface area contributed by atoms with Gasteiger partial charge in [-0.2, -0.15) is 0 Å². The molecule has 0 aromatic heterocycles. The lowest BCUT2D eigenvalue weighted by atomic mass is 10.1. The van der Waals surface area contributed by atoms with Crippen LogP contribution in [0.25, 0.3) is 0 Å². The van der Waals surface area contributed by atoms with Gasteiger partial charge in [-0.25, -0.2) is 0 Å². The Morgan fingerprint density at radius 3 is 2.73 bits per heavy atom. The number of thioether (sulfide) groups is 1. The Hall–Kier alpha value is -0.710. The van der Waals surface area contributed by atoms with E-state index in [1.807, 2.05) is 0 Å². The Morgan fingerprint density at radius 2 is 2.27 bits per heavy atom. The molecule has 2 unspecified atom stereocenters. The highest BCUT2D eigenvalue weighted by molar-refractivity contribution is 8.00. The quantitative estimate of drug-likeness (QED) is 0.790. The molecule has 1 heterocycles. The molecule has 2 atom stereocenters. The molecule has 0 spiro atoms. The summed E-state index contributed by atoms with van der Waals surface area (Å²) >= 11 is 1.68. The number of hydrogen-bond acceptors (Lipinski definition) is 3. The fourth-order valence-electron chi connectivity index (χ4n) is 1.61. The second-order valence-electron chi connectivity index (χ2n) is 3.90. The van der Waals surface area contributed by atoms with Gasteiger partial charge in [-0.3, -0.25) is 9.59 Å². The Balaban J connectivity index is 2.47. The van der Waals surface area contributed by atoms with Gasteiger partial charge >= 0.3 is 5.97 Å². The summed E-state index contributed by atoms with van der Waals surface area (Å²) in [6, 6.07) is -0.226. The van der Waals surface area contributed by atoms with Gasteiger partial charge in [-0.15, -0.1) is 11.8 Å². The largest absolute Gasteiger partial charge is 0.481 e. The molecule has 0 bridgehead atoms. The molecule has 86 valence electrons. The minimum atomic E-state index is -0.860. The highest BCUT2D eigenvalue weighted by Gasteiger charge is 2.28. The third-order valence-electron chi connectivity index (χ3n) is 2.68. The van der Waals surface area contributed by atoms with Gasteiger partial charge in [0.25, 0.3) is 0 Å². The van der Waals surface area contributed by atoms with Gasteiger partial charge in [-0.05, 0) is 25.5 Å². The van der Waals surface area contributed by atoms with E-state index < -0.39 is 5.97 Å². The van der Waals surface area contributed by atoms with Crippen LogP contribution in [0.3, 0.4) is 0 Å². The Labute approximate surface area is 94.0 Å². The molecule has 0 aromatic rings. The fourth-order valence-corrected chi connectivity index (χ4v) is 2.87. The molecule has 0 aliphatic carbocycles. The van der Waals surface area contributed by atoms with Crippen molar-refractivity contribution in [3.05, 3.63) is 0 Å². The molecule has 0 aromatic carbocycles. The summed E-state index contributed by atoms with van der Waals surface area (Å²) in [5.41, 5.74) is 0. The average molecular weight is 231 g/mol. The number of carbonyl (C=O) groups is 2. The monoisotopic (exact) mass is 231 g/mol. The van der Waals surface area contributed by atoms with Crippen LogP contribution < -0.4 is 0 Å². The Kier molecular flexibility index (Phi) is 4.45. The van der Waals surface area contributed by atoms with E-state index >= 15 is 0 Å². The molecule has 0 radical (unpaired) electrons. The van der Waals surface area contributed by atoms with Gasteiger partial charge in [0.15, 0.2) is 0 Å². The number of amides is 1. The maximum atomic E-state index is 11.9. The molecular weight excluding hydrogens is 214 g/mol. The molecule has 1 fully saturated rings. The van der Waals surface area contributed by atoms with Gasteiger partial charge in [0.1, 0.15) is 0 Å². The highest BCUT2D eigenvalue weighted by atomic mass is 32.2. The maximum Gasteiger partial charge on any atom is 0.305 e. The molecule has 0 saturated carbocycles. The zero-order valence-corrected chi connectivity index (χ0v) is 9.92. The highest BCUT2D eigenvalue weighted by Crippen LogP contribution is 2.28. The Morgan fingerprint density at radius 1 is 1.60 bits per heavy atom. The summed E-state index contributed by atoms with van der Waals surface area (Å²) in [5, 5.41) is 8.68. The van der Waals surface area contributed by atoms with E-state index in [1.165, 1.54) is 0 Å². The van der Waals surface area contributed by atoms with Gasteiger partial charge in [0.05, 0.1) is 11.7 Å². The fraction of sp³-hybridized carbons (Fsp3) is 0.800. The molecule has 1 amide bonds. The summed E-state index contributed by atoms with van der Waals surface area (Å²) < 4.78 is 0. The first-order valence-corrected chi connectivity index (χ1v) is 6.17. The van der Waals surface area contributed by atoms with Gasteiger partial charge in [0.2, 0.25) is 5.91 Å². The predicted molar refractivity (Wildman–Crippen MR) is 60.0 cm³/mol. The van der Waals surface area contributed by atoms with Gasteiger partial charge < -0.3 is 10.0 Å². The summed E-state index contributed by atoms with van der Waals surface area (Å²) in [7, 11) is 1.69. The molecule has 5 heteroatoms. The van der Waals surface area contributed by atoms with E-state index in [9.17, 15) is 9.59 Å². The van der Waals surface area contributed by atoms with E-state index in [1.54, 1.807) is 30.6 Å². The van der Waals surface area contributed by atoms with Crippen molar-refractivity contribution in [3.8, 4) is 0 Å². The van der Waals surface area contributed by atoms with E-state index in [2.05, 4.69) is 0 Å². The predicted octanol–water partition coefficient (Wildman–Crippen LogP) is 1.20. The summed E-state index contributed by atoms with van der Waals surface area (Å²) in [6.07, 6.45) is 2.02. The summed E-state index contributed by atoms with van der Waals surface area (Å²) in [4.78, 5) is 24.0.